The van der Waals surface area contributed by atoms with E-state index in [1.165, 1.54) is 19.3 Å². The molecule has 0 spiro atoms. The average Bonchev–Trinajstić information content (AvgIpc) is 3.35. The van der Waals surface area contributed by atoms with Crippen molar-refractivity contribution in [2.75, 3.05) is 0 Å². The van der Waals surface area contributed by atoms with Gasteiger partial charge in [-0.2, -0.15) is 0 Å². The van der Waals surface area contributed by atoms with E-state index in [0.29, 0.717) is 6.04 Å². The third-order valence-corrected chi connectivity index (χ3v) is 6.91. The van der Waals surface area contributed by atoms with Crippen LogP contribution in [-0.2, 0) is 16.8 Å². The molecule has 4 nitrogen and oxygen atoms in total. The van der Waals surface area contributed by atoms with Crippen molar-refractivity contribution in [1.29, 1.82) is 0 Å². The van der Waals surface area contributed by atoms with Gasteiger partial charge in [-0.1, -0.05) is 110 Å². The second-order valence-electron chi connectivity index (χ2n) is 9.16. The molecule has 0 unspecified atom stereocenters. The Morgan fingerprint density at radius 3 is 1.79 bits per heavy atom. The van der Waals surface area contributed by atoms with E-state index in [0.717, 1.165) is 35.2 Å². The summed E-state index contributed by atoms with van der Waals surface area (Å²) >= 11 is 0. The maximum absolute atomic E-state index is 12.8. The number of amides is 1. The Kier molecular flexibility index (Phi) is 6.57. The first kappa shape index (κ1) is 22.1. The number of imidazole rings is 1. The zero-order valence-electron chi connectivity index (χ0n) is 19.4. The highest BCUT2D eigenvalue weighted by molar-refractivity contribution is 5.78. The zero-order valence-corrected chi connectivity index (χ0v) is 19.4. The standard InChI is InChI=1S/C30H31N3O/c34-29(32-27-19-11-4-12-20-27)21-28-22-33(23-31-28)30(24-13-5-1-6-14-24,25-15-7-2-8-16-25)26-17-9-3-10-18-26/h1-3,5-10,13-18,22-23,27H,4,11-12,19-21H2,(H,32,34). The van der Waals surface area contributed by atoms with E-state index >= 15 is 0 Å². The van der Waals surface area contributed by atoms with Crippen LogP contribution >= 0.6 is 0 Å². The maximum Gasteiger partial charge on any atom is 0.226 e. The normalized spacial score (nSPS) is 14.6. The molecule has 34 heavy (non-hydrogen) atoms. The predicted octanol–water partition coefficient (Wildman–Crippen LogP) is 5.71. The molecule has 1 fully saturated rings. The molecule has 172 valence electrons. The van der Waals surface area contributed by atoms with Gasteiger partial charge in [0.1, 0.15) is 5.54 Å². The highest BCUT2D eigenvalue weighted by Crippen LogP contribution is 2.40. The summed E-state index contributed by atoms with van der Waals surface area (Å²) in [6.45, 7) is 0. The van der Waals surface area contributed by atoms with Gasteiger partial charge in [-0.3, -0.25) is 4.79 Å². The second kappa shape index (κ2) is 10.1. The SMILES string of the molecule is O=C(Cc1cn(C(c2ccccc2)(c2ccccc2)c2ccccc2)cn1)NC1CCCCC1. The first-order chi connectivity index (χ1) is 16.8. The monoisotopic (exact) mass is 449 g/mol. The summed E-state index contributed by atoms with van der Waals surface area (Å²) < 4.78 is 2.16. The summed E-state index contributed by atoms with van der Waals surface area (Å²) in [5, 5.41) is 3.22. The Bertz CT molecular complexity index is 1100. The molecule has 1 aromatic heterocycles. The number of hydrogen-bond acceptors (Lipinski definition) is 2. The minimum Gasteiger partial charge on any atom is -0.353 e. The van der Waals surface area contributed by atoms with E-state index in [-0.39, 0.29) is 12.3 Å². The molecule has 1 aliphatic carbocycles. The Labute approximate surface area is 201 Å². The minimum absolute atomic E-state index is 0.0573. The second-order valence-corrected chi connectivity index (χ2v) is 9.16. The molecule has 1 heterocycles. The number of nitrogens with one attached hydrogen (secondary N) is 1. The van der Waals surface area contributed by atoms with Gasteiger partial charge in [0.15, 0.2) is 0 Å². The van der Waals surface area contributed by atoms with Crippen molar-refractivity contribution in [2.45, 2.75) is 50.1 Å². The zero-order chi connectivity index (χ0) is 23.2. The Hall–Kier alpha value is -3.66. The van der Waals surface area contributed by atoms with E-state index in [9.17, 15) is 4.79 Å². The van der Waals surface area contributed by atoms with Crippen molar-refractivity contribution in [2.24, 2.45) is 0 Å². The quantitative estimate of drug-likeness (QED) is 0.367. The number of benzene rings is 3. The number of aromatic nitrogens is 2. The molecule has 1 N–H and O–H groups in total. The van der Waals surface area contributed by atoms with Gasteiger partial charge in [-0.25, -0.2) is 4.98 Å². The molecule has 3 aromatic carbocycles. The summed E-state index contributed by atoms with van der Waals surface area (Å²) in [5.41, 5.74) is 3.60. The topological polar surface area (TPSA) is 46.9 Å². The van der Waals surface area contributed by atoms with Crippen molar-refractivity contribution >= 4 is 5.91 Å². The number of hydrogen-bond donors (Lipinski definition) is 1. The van der Waals surface area contributed by atoms with Crippen LogP contribution < -0.4 is 5.32 Å². The van der Waals surface area contributed by atoms with Crippen LogP contribution in [-0.4, -0.2) is 21.5 Å². The molecule has 0 radical (unpaired) electrons. The third-order valence-electron chi connectivity index (χ3n) is 6.91. The molecular formula is C30H31N3O. The highest BCUT2D eigenvalue weighted by atomic mass is 16.1. The third kappa shape index (κ3) is 4.41. The smallest absolute Gasteiger partial charge is 0.226 e. The largest absolute Gasteiger partial charge is 0.353 e. The first-order valence-corrected chi connectivity index (χ1v) is 12.3. The van der Waals surface area contributed by atoms with E-state index in [1.54, 1.807) is 0 Å². The van der Waals surface area contributed by atoms with Crippen LogP contribution in [0, 0.1) is 0 Å². The molecule has 0 bridgehead atoms. The van der Waals surface area contributed by atoms with Gasteiger partial charge in [0.25, 0.3) is 0 Å². The molecule has 1 aliphatic rings. The van der Waals surface area contributed by atoms with E-state index in [2.05, 4.69) is 82.7 Å². The van der Waals surface area contributed by atoms with Gasteiger partial charge < -0.3 is 9.88 Å². The summed E-state index contributed by atoms with van der Waals surface area (Å²) in [4.78, 5) is 17.5. The van der Waals surface area contributed by atoms with Crippen LogP contribution in [0.5, 0.6) is 0 Å². The average molecular weight is 450 g/mol. The molecule has 0 saturated heterocycles. The van der Waals surface area contributed by atoms with E-state index in [4.69, 9.17) is 4.98 Å². The van der Waals surface area contributed by atoms with Crippen molar-refractivity contribution in [3.8, 4) is 0 Å². The number of rotatable bonds is 7. The minimum atomic E-state index is -0.602. The summed E-state index contributed by atoms with van der Waals surface area (Å²) in [5.74, 6) is 0.0573. The van der Waals surface area contributed by atoms with Gasteiger partial charge >= 0.3 is 0 Å². The van der Waals surface area contributed by atoms with Gasteiger partial charge in [-0.05, 0) is 29.5 Å². The Morgan fingerprint density at radius 1 is 0.794 bits per heavy atom. The van der Waals surface area contributed by atoms with E-state index in [1.807, 2.05) is 30.7 Å². The number of carbonyl (C=O) groups is 1. The fourth-order valence-corrected chi connectivity index (χ4v) is 5.31. The Balaban J connectivity index is 1.55. The predicted molar refractivity (Wildman–Crippen MR) is 136 cm³/mol. The lowest BCUT2D eigenvalue weighted by Crippen LogP contribution is -2.37. The molecule has 0 aliphatic heterocycles. The fraction of sp³-hybridized carbons (Fsp3) is 0.267. The maximum atomic E-state index is 12.8. The van der Waals surface area contributed by atoms with Crippen LogP contribution in [0.15, 0.2) is 104 Å². The summed E-state index contributed by atoms with van der Waals surface area (Å²) in [7, 11) is 0. The van der Waals surface area contributed by atoms with Crippen LogP contribution in [0.3, 0.4) is 0 Å². The van der Waals surface area contributed by atoms with Gasteiger partial charge in [0, 0.05) is 12.2 Å². The first-order valence-electron chi connectivity index (χ1n) is 12.3. The molecule has 4 aromatic rings. The Morgan fingerprint density at radius 2 is 1.29 bits per heavy atom. The lowest BCUT2D eigenvalue weighted by Gasteiger charge is -2.37. The lowest BCUT2D eigenvalue weighted by molar-refractivity contribution is -0.121. The molecule has 1 saturated carbocycles. The van der Waals surface area contributed by atoms with Crippen molar-refractivity contribution in [3.63, 3.8) is 0 Å². The van der Waals surface area contributed by atoms with Gasteiger partial charge in [-0.15, -0.1) is 0 Å². The molecule has 1 amide bonds. The van der Waals surface area contributed by atoms with Crippen LogP contribution in [0.1, 0.15) is 54.5 Å². The van der Waals surface area contributed by atoms with Crippen LogP contribution in [0.2, 0.25) is 0 Å². The highest BCUT2D eigenvalue weighted by Gasteiger charge is 2.38. The molecule has 5 rings (SSSR count). The van der Waals surface area contributed by atoms with Crippen LogP contribution in [0.25, 0.3) is 0 Å². The van der Waals surface area contributed by atoms with Crippen LogP contribution in [0.4, 0.5) is 0 Å². The number of carbonyl (C=O) groups excluding carboxylic acids is 1. The van der Waals surface area contributed by atoms with Crippen molar-refractivity contribution < 1.29 is 4.79 Å². The van der Waals surface area contributed by atoms with Crippen molar-refractivity contribution in [3.05, 3.63) is 126 Å². The molecule has 0 atom stereocenters. The van der Waals surface area contributed by atoms with Gasteiger partial charge in [0.05, 0.1) is 18.4 Å². The summed E-state index contributed by atoms with van der Waals surface area (Å²) in [6.07, 6.45) is 10.0. The fourth-order valence-electron chi connectivity index (χ4n) is 5.31. The van der Waals surface area contributed by atoms with Crippen molar-refractivity contribution in [1.82, 2.24) is 14.9 Å². The molecule has 4 heteroatoms. The summed E-state index contributed by atoms with van der Waals surface area (Å²) in [6, 6.07) is 31.9. The molecular weight excluding hydrogens is 418 g/mol. The lowest BCUT2D eigenvalue weighted by atomic mass is 9.77. The van der Waals surface area contributed by atoms with E-state index < -0.39 is 5.54 Å². The van der Waals surface area contributed by atoms with Gasteiger partial charge in [0.2, 0.25) is 5.91 Å². The number of nitrogens with zero attached hydrogens (tertiary/aromatic N) is 2.